The van der Waals surface area contributed by atoms with Crippen molar-refractivity contribution in [3.63, 3.8) is 0 Å². The summed E-state index contributed by atoms with van der Waals surface area (Å²) in [5, 5.41) is 9.01. The fourth-order valence-corrected chi connectivity index (χ4v) is 12.6. The van der Waals surface area contributed by atoms with Crippen molar-refractivity contribution < 1.29 is 38.2 Å². The third kappa shape index (κ3) is 14.4. The van der Waals surface area contributed by atoms with Crippen LogP contribution in [0.2, 0.25) is 0 Å². The normalized spacial score (nSPS) is 28.1. The lowest BCUT2D eigenvalue weighted by atomic mass is 9.47. The molecule has 0 radical (unpaired) electrons. The summed E-state index contributed by atoms with van der Waals surface area (Å²) in [6, 6.07) is 0. The Labute approximate surface area is 405 Å². The Balaban J connectivity index is 0.971. The lowest BCUT2D eigenvalue weighted by molar-refractivity contribution is -0.138. The van der Waals surface area contributed by atoms with Gasteiger partial charge < -0.3 is 30.2 Å². The predicted molar refractivity (Wildman–Crippen MR) is 265 cm³/mol. The summed E-state index contributed by atoms with van der Waals surface area (Å²) >= 11 is 0. The maximum absolute atomic E-state index is 13.4. The number of imide groups is 1. The van der Waals surface area contributed by atoms with Gasteiger partial charge in [0.25, 0.3) is 11.8 Å². The third-order valence-corrected chi connectivity index (χ3v) is 17.2. The summed E-state index contributed by atoms with van der Waals surface area (Å²) in [5.74, 6) is 3.64. The number of allylic oxidation sites excluding steroid dienone is 1. The Kier molecular flexibility index (Phi) is 18.1. The molecular weight excluding hydrogens is 845 g/mol. The second-order valence-electron chi connectivity index (χ2n) is 24.9. The fraction of sp³-hybridized carbons (Fsp3) is 0.836. The van der Waals surface area contributed by atoms with Gasteiger partial charge in [0.15, 0.2) is 0 Å². The molecular formula is C55H92N4O8. The van der Waals surface area contributed by atoms with Gasteiger partial charge in [0.1, 0.15) is 6.10 Å². The summed E-state index contributed by atoms with van der Waals surface area (Å²) in [4.78, 5) is 63.4. The van der Waals surface area contributed by atoms with Gasteiger partial charge in [-0.2, -0.15) is 0 Å². The highest BCUT2D eigenvalue weighted by Crippen LogP contribution is 2.67. The maximum atomic E-state index is 13.4. The number of rotatable bonds is 24. The van der Waals surface area contributed by atoms with Crippen LogP contribution in [0.25, 0.3) is 0 Å². The van der Waals surface area contributed by atoms with E-state index in [9.17, 15) is 24.0 Å². The van der Waals surface area contributed by atoms with Gasteiger partial charge in [-0.25, -0.2) is 4.79 Å². The monoisotopic (exact) mass is 937 g/mol. The minimum absolute atomic E-state index is 0.0275. The second kappa shape index (κ2) is 22.2. The Morgan fingerprint density at radius 1 is 0.806 bits per heavy atom. The van der Waals surface area contributed by atoms with Gasteiger partial charge >= 0.3 is 6.09 Å². The average molecular weight is 937 g/mol. The van der Waals surface area contributed by atoms with Crippen LogP contribution < -0.4 is 16.0 Å². The van der Waals surface area contributed by atoms with Gasteiger partial charge in [0.2, 0.25) is 11.8 Å². The Morgan fingerprint density at radius 2 is 1.46 bits per heavy atom. The first-order valence-electron chi connectivity index (χ1n) is 26.2. The van der Waals surface area contributed by atoms with Crippen molar-refractivity contribution in [3.05, 3.63) is 23.8 Å². The smallest absolute Gasteiger partial charge is 0.407 e. The molecule has 4 aliphatic carbocycles. The molecule has 0 aromatic carbocycles. The Morgan fingerprint density at radius 3 is 2.13 bits per heavy atom. The molecule has 12 nitrogen and oxygen atoms in total. The van der Waals surface area contributed by atoms with E-state index in [1.54, 1.807) is 0 Å². The van der Waals surface area contributed by atoms with Crippen molar-refractivity contribution >= 4 is 29.7 Å². The number of fused-ring (bicyclic) bond motifs is 5. The van der Waals surface area contributed by atoms with Crippen LogP contribution in [-0.2, 0) is 33.4 Å². The molecule has 5 amide bonds. The molecule has 0 unspecified atom stereocenters. The van der Waals surface area contributed by atoms with Crippen LogP contribution in [0, 0.1) is 51.8 Å². The van der Waals surface area contributed by atoms with Crippen molar-refractivity contribution in [2.24, 2.45) is 51.8 Å². The van der Waals surface area contributed by atoms with Crippen molar-refractivity contribution in [1.82, 2.24) is 20.9 Å². The maximum Gasteiger partial charge on any atom is 0.407 e. The number of nitrogens with one attached hydrogen (secondary N) is 3. The fourth-order valence-electron chi connectivity index (χ4n) is 12.6. The highest BCUT2D eigenvalue weighted by Gasteiger charge is 2.59. The minimum atomic E-state index is -0.796. The largest absolute Gasteiger partial charge is 0.446 e. The lowest BCUT2D eigenvalue weighted by Crippen LogP contribution is -2.51. The van der Waals surface area contributed by atoms with Crippen LogP contribution in [0.1, 0.15) is 186 Å². The van der Waals surface area contributed by atoms with Gasteiger partial charge in [0, 0.05) is 56.8 Å². The number of nitrogens with zero attached hydrogens (tertiary/aromatic N) is 1. The topological polar surface area (TPSA) is 152 Å². The number of carbonyl (C=O) groups excluding carboxylic acids is 5. The van der Waals surface area contributed by atoms with Crippen LogP contribution in [-0.4, -0.2) is 90.3 Å². The van der Waals surface area contributed by atoms with Crippen molar-refractivity contribution in [2.45, 2.75) is 209 Å². The lowest BCUT2D eigenvalue weighted by Gasteiger charge is -2.58. The number of hydrogen-bond donors (Lipinski definition) is 3. The molecule has 5 rings (SSSR count). The molecule has 0 aromatic rings. The van der Waals surface area contributed by atoms with Crippen LogP contribution in [0.15, 0.2) is 23.8 Å². The molecule has 3 N–H and O–H groups in total. The molecule has 8 atom stereocenters. The van der Waals surface area contributed by atoms with E-state index in [4.69, 9.17) is 14.2 Å². The summed E-state index contributed by atoms with van der Waals surface area (Å²) in [7, 11) is 0. The number of ether oxygens (including phenoxy) is 3. The van der Waals surface area contributed by atoms with Gasteiger partial charge in [-0.1, -0.05) is 65.5 Å². The third-order valence-electron chi connectivity index (χ3n) is 17.2. The van der Waals surface area contributed by atoms with E-state index in [-0.39, 0.29) is 49.0 Å². The van der Waals surface area contributed by atoms with E-state index in [0.717, 1.165) is 59.7 Å². The minimum Gasteiger partial charge on any atom is -0.446 e. The molecule has 1 heterocycles. The van der Waals surface area contributed by atoms with Crippen LogP contribution in [0.3, 0.4) is 0 Å². The molecule has 12 heteroatoms. The van der Waals surface area contributed by atoms with Gasteiger partial charge in [0.05, 0.1) is 23.2 Å². The molecule has 0 spiro atoms. The zero-order valence-electron chi connectivity index (χ0n) is 44.1. The van der Waals surface area contributed by atoms with Crippen LogP contribution >= 0.6 is 0 Å². The van der Waals surface area contributed by atoms with E-state index in [0.29, 0.717) is 44.4 Å². The highest BCUT2D eigenvalue weighted by atomic mass is 16.6. The summed E-state index contributed by atoms with van der Waals surface area (Å²) in [6.45, 7) is 29.5. The zero-order valence-corrected chi connectivity index (χ0v) is 44.1. The van der Waals surface area contributed by atoms with Gasteiger partial charge in [-0.05, 0) is 166 Å². The van der Waals surface area contributed by atoms with Crippen molar-refractivity contribution in [3.8, 4) is 0 Å². The molecule has 1 aliphatic heterocycles. The van der Waals surface area contributed by atoms with Crippen LogP contribution in [0.5, 0.6) is 0 Å². The van der Waals surface area contributed by atoms with Crippen LogP contribution in [0.4, 0.5) is 4.79 Å². The Hall–Kier alpha value is -3.25. The Bertz CT molecular complexity index is 1800. The molecule has 0 saturated heterocycles. The SMILES string of the molecule is CC(C)CCC[C@@H](C)[C@H]1CC[C@H]2[C@@H]3CC=C4C[C@@H](OC(=O)NC(C)(C)CCOC(C)(C)CCNC(=O)C(C)(C)COC(C)(C)CCNC(=O)CCN5C(=O)C=CC5=O)CC[C@]4(C)[C@H]3CC[C@]12C. The predicted octanol–water partition coefficient (Wildman–Crippen LogP) is 10.2. The summed E-state index contributed by atoms with van der Waals surface area (Å²) in [6.07, 6.45) is 19.9. The zero-order chi connectivity index (χ0) is 49.6. The summed E-state index contributed by atoms with van der Waals surface area (Å²) < 4.78 is 18.6. The van der Waals surface area contributed by atoms with Gasteiger partial charge in [-0.15, -0.1) is 0 Å². The number of amides is 5. The number of hydrogen-bond acceptors (Lipinski definition) is 8. The van der Waals surface area contributed by atoms with Crippen molar-refractivity contribution in [1.29, 1.82) is 0 Å². The number of alkyl carbamates (subject to hydrolysis) is 1. The van der Waals surface area contributed by atoms with E-state index in [1.807, 2.05) is 55.4 Å². The van der Waals surface area contributed by atoms with E-state index >= 15 is 0 Å². The molecule has 5 aliphatic rings. The van der Waals surface area contributed by atoms with E-state index in [1.165, 1.54) is 69.1 Å². The molecule has 3 saturated carbocycles. The quantitative estimate of drug-likeness (QED) is 0.0639. The molecule has 67 heavy (non-hydrogen) atoms. The molecule has 0 bridgehead atoms. The first-order valence-corrected chi connectivity index (χ1v) is 26.2. The first-order chi connectivity index (χ1) is 31.2. The first kappa shape index (κ1) is 54.7. The standard InChI is InChI=1S/C55H92N4O8/c1-37(2)15-14-16-38(3)42-19-20-43-41-18-17-39-35-40(23-26-54(39,12)44(41)24-27-55(42,43)13)67-49(64)58-51(6,7)30-34-65-52(8,9)29-32-57-48(63)50(4,5)36-66-53(10,11)28-31-56-45(60)25-33-59-46(61)21-22-47(59)62/h17,21-22,37-38,40-44H,14-16,18-20,23-36H2,1-13H3,(H,56,60)(H,57,63)(H,58,64)/t38-,40+,41+,42-,43+,44+,54+,55-/m1/s1. The van der Waals surface area contributed by atoms with E-state index in [2.05, 4.69) is 56.6 Å². The van der Waals surface area contributed by atoms with Crippen molar-refractivity contribution in [2.75, 3.05) is 32.8 Å². The van der Waals surface area contributed by atoms with Gasteiger partial charge in [-0.3, -0.25) is 24.1 Å². The molecule has 0 aromatic heterocycles. The number of carbonyl (C=O) groups is 5. The average Bonchev–Trinajstić information content (AvgIpc) is 3.75. The molecule has 380 valence electrons. The molecule has 3 fully saturated rings. The second-order valence-corrected chi connectivity index (χ2v) is 24.9. The summed E-state index contributed by atoms with van der Waals surface area (Å²) in [5.41, 5.74) is -0.212. The highest BCUT2D eigenvalue weighted by molar-refractivity contribution is 6.13. The van der Waals surface area contributed by atoms with E-state index < -0.39 is 34.0 Å².